The number of benzene rings is 3. The normalized spacial score (nSPS) is 11.6. The van der Waals surface area contributed by atoms with Crippen molar-refractivity contribution in [3.05, 3.63) is 72.3 Å². The molecule has 0 unspecified atom stereocenters. The highest BCUT2D eigenvalue weighted by atomic mass is 32.2. The first-order chi connectivity index (χ1) is 15.4. The van der Waals surface area contributed by atoms with E-state index in [1.54, 1.807) is 49.4 Å². The molecule has 8 nitrogen and oxygen atoms in total. The number of para-hydroxylation sites is 2. The van der Waals surface area contributed by atoms with Crippen LogP contribution in [0.25, 0.3) is 22.0 Å². The Balaban J connectivity index is 1.81. The van der Waals surface area contributed by atoms with Gasteiger partial charge in [-0.2, -0.15) is 0 Å². The number of aromatic nitrogens is 2. The third kappa shape index (κ3) is 4.26. The van der Waals surface area contributed by atoms with Crippen molar-refractivity contribution >= 4 is 32.3 Å². The van der Waals surface area contributed by atoms with E-state index in [0.29, 0.717) is 28.3 Å². The van der Waals surface area contributed by atoms with E-state index in [1.165, 1.54) is 0 Å². The highest BCUT2D eigenvalue weighted by molar-refractivity contribution is 7.89. The van der Waals surface area contributed by atoms with Crippen LogP contribution in [0.1, 0.15) is 5.56 Å². The molecule has 0 amide bonds. The summed E-state index contributed by atoms with van der Waals surface area (Å²) in [5, 5.41) is 32.4. The van der Waals surface area contributed by atoms with Gasteiger partial charge in [0.25, 0.3) is 0 Å². The molecule has 1 aromatic heterocycles. The van der Waals surface area contributed by atoms with E-state index in [0.717, 1.165) is 10.8 Å². The molecule has 0 saturated heterocycles. The van der Waals surface area contributed by atoms with Crippen LogP contribution in [0.15, 0.2) is 71.6 Å². The van der Waals surface area contributed by atoms with E-state index in [-0.39, 0.29) is 23.8 Å². The van der Waals surface area contributed by atoms with Gasteiger partial charge in [-0.25, -0.2) is 13.1 Å². The SMILES string of the molecule is Cc1ccc(-c2nnc(Nc3ccccc3O)c3ccccc23)cc1S(=O)(=O)NCCO. The quantitative estimate of drug-likeness (QED) is 0.318. The molecule has 0 spiro atoms. The number of rotatable bonds is 7. The fraction of sp³-hybridized carbons (Fsp3) is 0.130. The molecule has 1 heterocycles. The van der Waals surface area contributed by atoms with Crippen molar-refractivity contribution < 1.29 is 18.6 Å². The second-order valence-electron chi connectivity index (χ2n) is 7.19. The molecule has 0 bridgehead atoms. The van der Waals surface area contributed by atoms with Crippen molar-refractivity contribution in [2.24, 2.45) is 0 Å². The fourth-order valence-corrected chi connectivity index (χ4v) is 4.70. The highest BCUT2D eigenvalue weighted by Crippen LogP contribution is 2.34. The van der Waals surface area contributed by atoms with Crippen LogP contribution in [0.4, 0.5) is 11.5 Å². The van der Waals surface area contributed by atoms with Crippen LogP contribution >= 0.6 is 0 Å². The van der Waals surface area contributed by atoms with Gasteiger partial charge in [-0.05, 0) is 30.7 Å². The van der Waals surface area contributed by atoms with Crippen molar-refractivity contribution in [3.8, 4) is 17.0 Å². The molecule has 3 aromatic carbocycles. The van der Waals surface area contributed by atoms with Crippen LogP contribution in [0.3, 0.4) is 0 Å². The molecule has 32 heavy (non-hydrogen) atoms. The maximum Gasteiger partial charge on any atom is 0.240 e. The summed E-state index contributed by atoms with van der Waals surface area (Å²) < 4.78 is 27.7. The number of nitrogens with one attached hydrogen (secondary N) is 2. The summed E-state index contributed by atoms with van der Waals surface area (Å²) >= 11 is 0. The van der Waals surface area contributed by atoms with Gasteiger partial charge in [0.15, 0.2) is 5.82 Å². The van der Waals surface area contributed by atoms with Crippen molar-refractivity contribution in [2.45, 2.75) is 11.8 Å². The van der Waals surface area contributed by atoms with Gasteiger partial charge in [0.2, 0.25) is 10.0 Å². The van der Waals surface area contributed by atoms with Crippen LogP contribution in [-0.2, 0) is 10.0 Å². The van der Waals surface area contributed by atoms with Gasteiger partial charge >= 0.3 is 0 Å². The molecular formula is C23H22N4O4S. The lowest BCUT2D eigenvalue weighted by Gasteiger charge is -2.14. The fourth-order valence-electron chi connectivity index (χ4n) is 3.41. The molecule has 9 heteroatoms. The predicted molar refractivity (Wildman–Crippen MR) is 123 cm³/mol. The van der Waals surface area contributed by atoms with Gasteiger partial charge in [-0.1, -0.05) is 48.5 Å². The van der Waals surface area contributed by atoms with Gasteiger partial charge in [0.1, 0.15) is 11.4 Å². The minimum absolute atomic E-state index is 0.0680. The number of nitrogens with zero attached hydrogens (tertiary/aromatic N) is 2. The first kappa shape index (κ1) is 21.7. The average Bonchev–Trinajstić information content (AvgIpc) is 2.80. The maximum absolute atomic E-state index is 12.7. The largest absolute Gasteiger partial charge is 0.506 e. The predicted octanol–water partition coefficient (Wildman–Crippen LogP) is 3.33. The zero-order valence-corrected chi connectivity index (χ0v) is 18.1. The monoisotopic (exact) mass is 450 g/mol. The minimum Gasteiger partial charge on any atom is -0.506 e. The van der Waals surface area contributed by atoms with Crippen molar-refractivity contribution in [1.82, 2.24) is 14.9 Å². The summed E-state index contributed by atoms with van der Waals surface area (Å²) in [6, 6.07) is 19.4. The summed E-state index contributed by atoms with van der Waals surface area (Å²) in [5.41, 5.74) is 2.20. The Morgan fingerprint density at radius 3 is 2.41 bits per heavy atom. The van der Waals surface area contributed by atoms with Gasteiger partial charge in [0.05, 0.1) is 17.2 Å². The number of anilines is 2. The van der Waals surface area contributed by atoms with Crippen molar-refractivity contribution in [1.29, 1.82) is 0 Å². The van der Waals surface area contributed by atoms with E-state index in [9.17, 15) is 13.5 Å². The lowest BCUT2D eigenvalue weighted by molar-refractivity contribution is 0.301. The molecule has 0 aliphatic carbocycles. The Bertz CT molecular complexity index is 1390. The second kappa shape index (κ2) is 8.91. The van der Waals surface area contributed by atoms with Gasteiger partial charge in [0, 0.05) is 22.9 Å². The van der Waals surface area contributed by atoms with Crippen LogP contribution in [0, 0.1) is 6.92 Å². The number of aryl methyl sites for hydroxylation is 1. The van der Waals surface area contributed by atoms with E-state index in [2.05, 4.69) is 20.2 Å². The molecule has 164 valence electrons. The second-order valence-corrected chi connectivity index (χ2v) is 8.92. The summed E-state index contributed by atoms with van der Waals surface area (Å²) in [7, 11) is -3.79. The Labute approximate surface area is 185 Å². The van der Waals surface area contributed by atoms with Crippen LogP contribution in [0.2, 0.25) is 0 Å². The van der Waals surface area contributed by atoms with E-state index in [4.69, 9.17) is 5.11 Å². The zero-order chi connectivity index (χ0) is 22.7. The summed E-state index contributed by atoms with van der Waals surface area (Å²) in [6.45, 7) is 1.35. The standard InChI is InChI=1S/C23H22N4O4S/c1-15-10-11-16(14-21(15)32(30,31)24-12-13-28)22-17-6-2-3-7-18(17)23(27-26-22)25-19-8-4-5-9-20(19)29/h2-11,14,24,28-29H,12-13H2,1H3,(H,25,27). The van der Waals surface area contributed by atoms with Crippen molar-refractivity contribution in [2.75, 3.05) is 18.5 Å². The number of fused-ring (bicyclic) bond motifs is 1. The lowest BCUT2D eigenvalue weighted by atomic mass is 10.0. The average molecular weight is 451 g/mol. The summed E-state index contributed by atoms with van der Waals surface area (Å²) in [4.78, 5) is 0.116. The number of aromatic hydroxyl groups is 1. The molecule has 4 rings (SSSR count). The van der Waals surface area contributed by atoms with E-state index in [1.807, 2.05) is 24.3 Å². The van der Waals surface area contributed by atoms with Gasteiger partial charge in [-0.15, -0.1) is 10.2 Å². The Hall–Kier alpha value is -3.53. The van der Waals surface area contributed by atoms with Gasteiger partial charge < -0.3 is 15.5 Å². The zero-order valence-electron chi connectivity index (χ0n) is 17.3. The lowest BCUT2D eigenvalue weighted by Crippen LogP contribution is -2.27. The molecule has 4 N–H and O–H groups in total. The number of hydrogen-bond donors (Lipinski definition) is 4. The highest BCUT2D eigenvalue weighted by Gasteiger charge is 2.19. The molecule has 0 radical (unpaired) electrons. The smallest absolute Gasteiger partial charge is 0.240 e. The van der Waals surface area contributed by atoms with Crippen molar-refractivity contribution in [3.63, 3.8) is 0 Å². The maximum atomic E-state index is 12.7. The Morgan fingerprint density at radius 2 is 1.66 bits per heavy atom. The minimum atomic E-state index is -3.79. The van der Waals surface area contributed by atoms with E-state index >= 15 is 0 Å². The molecule has 4 aromatic rings. The number of hydrogen-bond acceptors (Lipinski definition) is 7. The number of phenolic OH excluding ortho intramolecular Hbond substituents is 1. The summed E-state index contributed by atoms with van der Waals surface area (Å²) in [5.74, 6) is 0.557. The third-order valence-electron chi connectivity index (χ3n) is 5.00. The third-order valence-corrected chi connectivity index (χ3v) is 6.60. The first-order valence-corrected chi connectivity index (χ1v) is 11.4. The number of sulfonamides is 1. The molecular weight excluding hydrogens is 428 g/mol. The molecule has 0 saturated carbocycles. The topological polar surface area (TPSA) is 124 Å². The number of aliphatic hydroxyl groups is 1. The van der Waals surface area contributed by atoms with Crippen LogP contribution in [0.5, 0.6) is 5.75 Å². The summed E-state index contributed by atoms with van der Waals surface area (Å²) in [6.07, 6.45) is 0. The number of aliphatic hydroxyl groups excluding tert-OH is 1. The number of phenols is 1. The Kier molecular flexibility index (Phi) is 6.04. The molecule has 0 fully saturated rings. The Morgan fingerprint density at radius 1 is 0.938 bits per heavy atom. The first-order valence-electron chi connectivity index (χ1n) is 9.92. The molecule has 0 aliphatic rings. The van der Waals surface area contributed by atoms with Crippen LogP contribution < -0.4 is 10.0 Å². The van der Waals surface area contributed by atoms with Crippen LogP contribution in [-0.4, -0.2) is 42.0 Å². The van der Waals surface area contributed by atoms with Gasteiger partial charge in [-0.3, -0.25) is 0 Å². The molecule has 0 aliphatic heterocycles. The van der Waals surface area contributed by atoms with E-state index < -0.39 is 10.0 Å². The molecule has 0 atom stereocenters.